The second kappa shape index (κ2) is 9.77. The molecule has 2 rings (SSSR count). The van der Waals surface area contributed by atoms with Gasteiger partial charge < -0.3 is 10.1 Å². The van der Waals surface area contributed by atoms with E-state index < -0.39 is 0 Å². The Hall–Kier alpha value is -1.43. The number of benzene rings is 2. The van der Waals surface area contributed by atoms with E-state index in [4.69, 9.17) is 27.9 Å². The van der Waals surface area contributed by atoms with E-state index in [0.717, 1.165) is 0 Å². The molecule has 0 aliphatic rings. The van der Waals surface area contributed by atoms with Gasteiger partial charge in [0.2, 0.25) is 5.91 Å². The highest BCUT2D eigenvalue weighted by Gasteiger charge is 2.06. The molecule has 0 unspecified atom stereocenters. The average molecular weight is 388 g/mol. The van der Waals surface area contributed by atoms with E-state index >= 15 is 0 Å². The zero-order valence-corrected chi connectivity index (χ0v) is 15.1. The van der Waals surface area contributed by atoms with Crippen molar-refractivity contribution in [1.82, 2.24) is 5.32 Å². The summed E-state index contributed by atoms with van der Waals surface area (Å²) in [6, 6.07) is 11.7. The number of hydrogen-bond donors (Lipinski definition) is 1. The van der Waals surface area contributed by atoms with E-state index in [1.54, 1.807) is 24.3 Å². The van der Waals surface area contributed by atoms with Crippen molar-refractivity contribution in [2.24, 2.45) is 0 Å². The van der Waals surface area contributed by atoms with Crippen LogP contribution in [0.3, 0.4) is 0 Å². The molecule has 128 valence electrons. The molecule has 1 amide bonds. The summed E-state index contributed by atoms with van der Waals surface area (Å²) < 4.78 is 19.1. The van der Waals surface area contributed by atoms with Crippen LogP contribution >= 0.6 is 35.0 Å². The lowest BCUT2D eigenvalue weighted by molar-refractivity contribution is -0.118. The van der Waals surface area contributed by atoms with Gasteiger partial charge in [0.1, 0.15) is 18.2 Å². The molecule has 0 atom stereocenters. The molecule has 0 fully saturated rings. The van der Waals surface area contributed by atoms with E-state index in [-0.39, 0.29) is 17.5 Å². The zero-order valence-electron chi connectivity index (χ0n) is 12.7. The van der Waals surface area contributed by atoms with Crippen LogP contribution in [0.15, 0.2) is 42.5 Å². The van der Waals surface area contributed by atoms with Gasteiger partial charge in [-0.1, -0.05) is 41.4 Å². The zero-order chi connectivity index (χ0) is 17.4. The number of ether oxygens (including phenoxy) is 1. The summed E-state index contributed by atoms with van der Waals surface area (Å²) in [5, 5.41) is 3.63. The molecule has 0 bridgehead atoms. The Morgan fingerprint density at radius 3 is 2.75 bits per heavy atom. The molecule has 0 heterocycles. The largest absolute Gasteiger partial charge is 0.490 e. The first kappa shape index (κ1) is 18.9. The number of halogens is 3. The summed E-state index contributed by atoms with van der Waals surface area (Å²) in [4.78, 5) is 11.7. The quantitative estimate of drug-likeness (QED) is 0.674. The van der Waals surface area contributed by atoms with Crippen molar-refractivity contribution in [1.29, 1.82) is 0 Å². The van der Waals surface area contributed by atoms with E-state index in [1.807, 2.05) is 12.1 Å². The van der Waals surface area contributed by atoms with E-state index in [9.17, 15) is 9.18 Å². The van der Waals surface area contributed by atoms with Gasteiger partial charge in [-0.25, -0.2) is 4.39 Å². The van der Waals surface area contributed by atoms with Crippen molar-refractivity contribution >= 4 is 40.9 Å². The van der Waals surface area contributed by atoms with Crippen LogP contribution in [0.2, 0.25) is 10.0 Å². The van der Waals surface area contributed by atoms with E-state index in [1.165, 1.54) is 17.8 Å². The smallest absolute Gasteiger partial charge is 0.230 e. The minimum absolute atomic E-state index is 0.128. The summed E-state index contributed by atoms with van der Waals surface area (Å²) in [7, 11) is 0. The molecule has 2 aromatic rings. The van der Waals surface area contributed by atoms with Crippen molar-refractivity contribution in [2.75, 3.05) is 18.9 Å². The van der Waals surface area contributed by atoms with Crippen LogP contribution in [0.25, 0.3) is 0 Å². The Bertz CT molecular complexity index is 700. The molecule has 0 spiro atoms. The van der Waals surface area contributed by atoms with Crippen molar-refractivity contribution in [3.8, 4) is 5.75 Å². The molecule has 0 aliphatic carbocycles. The topological polar surface area (TPSA) is 38.3 Å². The summed E-state index contributed by atoms with van der Waals surface area (Å²) in [5.74, 6) is 0.752. The predicted molar refractivity (Wildman–Crippen MR) is 97.5 cm³/mol. The highest BCUT2D eigenvalue weighted by Crippen LogP contribution is 2.22. The Kier molecular flexibility index (Phi) is 7.69. The Labute approximate surface area is 154 Å². The lowest BCUT2D eigenvalue weighted by Crippen LogP contribution is -2.29. The maximum atomic E-state index is 13.6. The SMILES string of the molecule is O=C(CSCc1ccc(Cl)cc1F)NCCOc1ccccc1Cl. The number of rotatable bonds is 8. The molecular formula is C17H16Cl2FNO2S. The number of hydrogen-bond acceptors (Lipinski definition) is 3. The van der Waals surface area contributed by atoms with Crippen LogP contribution in [-0.2, 0) is 10.5 Å². The molecule has 2 aromatic carbocycles. The Morgan fingerprint density at radius 1 is 1.21 bits per heavy atom. The number of nitrogens with one attached hydrogen (secondary N) is 1. The second-order valence-electron chi connectivity index (χ2n) is 4.86. The van der Waals surface area contributed by atoms with Gasteiger partial charge in [0.25, 0.3) is 0 Å². The average Bonchev–Trinajstić information content (AvgIpc) is 2.55. The Balaban J connectivity index is 1.62. The van der Waals surface area contributed by atoms with Crippen LogP contribution < -0.4 is 10.1 Å². The summed E-state index contributed by atoms with van der Waals surface area (Å²) >= 11 is 13.0. The molecule has 3 nitrogen and oxygen atoms in total. The summed E-state index contributed by atoms with van der Waals surface area (Å²) in [6.45, 7) is 0.700. The lowest BCUT2D eigenvalue weighted by Gasteiger charge is -2.09. The third-order valence-corrected chi connectivity index (χ3v) is 4.55. The minimum Gasteiger partial charge on any atom is -0.490 e. The number of carbonyl (C=O) groups is 1. The fourth-order valence-corrected chi connectivity index (χ4v) is 3.05. The fraction of sp³-hybridized carbons (Fsp3) is 0.235. The van der Waals surface area contributed by atoms with Gasteiger partial charge in [-0.15, -0.1) is 11.8 Å². The molecule has 0 saturated carbocycles. The number of carbonyl (C=O) groups excluding carboxylic acids is 1. The number of amides is 1. The molecule has 24 heavy (non-hydrogen) atoms. The van der Waals surface area contributed by atoms with Gasteiger partial charge in [-0.05, 0) is 29.8 Å². The standard InChI is InChI=1S/C17H16Cl2FNO2S/c18-13-6-5-12(15(20)9-13)10-24-11-17(22)21-7-8-23-16-4-2-1-3-14(16)19/h1-6,9H,7-8,10-11H2,(H,21,22). The minimum atomic E-state index is -0.358. The van der Waals surface area contributed by atoms with Gasteiger partial charge >= 0.3 is 0 Å². The molecule has 1 N–H and O–H groups in total. The van der Waals surface area contributed by atoms with Gasteiger partial charge in [-0.2, -0.15) is 0 Å². The molecule has 0 radical (unpaired) electrons. The molecule has 0 saturated heterocycles. The lowest BCUT2D eigenvalue weighted by atomic mass is 10.2. The van der Waals surface area contributed by atoms with Crippen molar-refractivity contribution in [2.45, 2.75) is 5.75 Å². The number of para-hydroxylation sites is 1. The van der Waals surface area contributed by atoms with Crippen LogP contribution in [0, 0.1) is 5.82 Å². The molecule has 0 aromatic heterocycles. The molecule has 7 heteroatoms. The van der Waals surface area contributed by atoms with Crippen LogP contribution in [0.1, 0.15) is 5.56 Å². The van der Waals surface area contributed by atoms with Crippen LogP contribution in [0.5, 0.6) is 5.75 Å². The Morgan fingerprint density at radius 2 is 2.00 bits per heavy atom. The highest BCUT2D eigenvalue weighted by molar-refractivity contribution is 7.99. The third-order valence-electron chi connectivity index (χ3n) is 3.02. The fourth-order valence-electron chi connectivity index (χ4n) is 1.86. The van der Waals surface area contributed by atoms with Crippen molar-refractivity contribution in [3.05, 3.63) is 63.9 Å². The summed E-state index contributed by atoms with van der Waals surface area (Å²) in [5.41, 5.74) is 0.527. The maximum Gasteiger partial charge on any atom is 0.230 e. The highest BCUT2D eigenvalue weighted by atomic mass is 35.5. The molecular weight excluding hydrogens is 372 g/mol. The first-order valence-electron chi connectivity index (χ1n) is 7.22. The van der Waals surface area contributed by atoms with Gasteiger partial charge in [0.15, 0.2) is 0 Å². The van der Waals surface area contributed by atoms with Gasteiger partial charge in [0, 0.05) is 10.8 Å². The van der Waals surface area contributed by atoms with Gasteiger partial charge in [-0.3, -0.25) is 4.79 Å². The third kappa shape index (κ3) is 6.23. The van der Waals surface area contributed by atoms with Crippen LogP contribution in [-0.4, -0.2) is 24.8 Å². The van der Waals surface area contributed by atoms with E-state index in [2.05, 4.69) is 5.32 Å². The molecule has 0 aliphatic heterocycles. The first-order chi connectivity index (χ1) is 11.6. The second-order valence-corrected chi connectivity index (χ2v) is 6.69. The van der Waals surface area contributed by atoms with Crippen molar-refractivity contribution < 1.29 is 13.9 Å². The predicted octanol–water partition coefficient (Wildman–Crippen LogP) is 4.56. The van der Waals surface area contributed by atoms with Crippen molar-refractivity contribution in [3.63, 3.8) is 0 Å². The number of thioether (sulfide) groups is 1. The van der Waals surface area contributed by atoms with Gasteiger partial charge in [0.05, 0.1) is 17.3 Å². The normalized spacial score (nSPS) is 10.5. The maximum absolute atomic E-state index is 13.6. The van der Waals surface area contributed by atoms with Crippen LogP contribution in [0.4, 0.5) is 4.39 Å². The summed E-state index contributed by atoms with van der Waals surface area (Å²) in [6.07, 6.45) is 0. The first-order valence-corrected chi connectivity index (χ1v) is 9.13. The van der Waals surface area contributed by atoms with E-state index in [0.29, 0.717) is 40.3 Å². The monoisotopic (exact) mass is 387 g/mol.